The fourth-order valence-electron chi connectivity index (χ4n) is 1.37. The summed E-state index contributed by atoms with van der Waals surface area (Å²) in [5.74, 6) is 0.327. The highest BCUT2D eigenvalue weighted by Gasteiger charge is 2.30. The molecule has 14 heavy (non-hydrogen) atoms. The van der Waals surface area contributed by atoms with Gasteiger partial charge in [0.2, 0.25) is 0 Å². The molecular formula is C8H10N4OS. The molecule has 2 N–H and O–H groups in total. The van der Waals surface area contributed by atoms with E-state index >= 15 is 0 Å². The monoisotopic (exact) mass is 210 g/mol. The molecule has 74 valence electrons. The fourth-order valence-corrected chi connectivity index (χ4v) is 2.15. The van der Waals surface area contributed by atoms with Crippen molar-refractivity contribution < 1.29 is 4.74 Å². The number of ether oxygens (including phenoxy) is 1. The molecule has 1 aromatic heterocycles. The second-order valence-electron chi connectivity index (χ2n) is 3.12. The number of hydrogen-bond acceptors (Lipinski definition) is 6. The first-order valence-corrected chi connectivity index (χ1v) is 4.96. The number of rotatable bonds is 2. The summed E-state index contributed by atoms with van der Waals surface area (Å²) in [6.45, 7) is 1.62. The Balaban J connectivity index is 2.15. The molecule has 0 spiro atoms. The Kier molecular flexibility index (Phi) is 2.27. The summed E-state index contributed by atoms with van der Waals surface area (Å²) >= 11 is 1.27. The molecule has 2 rings (SSSR count). The van der Waals surface area contributed by atoms with E-state index in [-0.39, 0.29) is 6.10 Å². The summed E-state index contributed by atoms with van der Waals surface area (Å²) in [4.78, 5) is 2.06. The van der Waals surface area contributed by atoms with Crippen LogP contribution in [0.5, 0.6) is 0 Å². The van der Waals surface area contributed by atoms with Crippen molar-refractivity contribution in [1.29, 1.82) is 5.26 Å². The summed E-state index contributed by atoms with van der Waals surface area (Å²) in [5, 5.41) is 9.72. The predicted octanol–water partition coefficient (Wildman–Crippen LogP) is 0.432. The van der Waals surface area contributed by atoms with Crippen LogP contribution in [0.25, 0.3) is 0 Å². The predicted molar refractivity (Wildman–Crippen MR) is 54.3 cm³/mol. The SMILES string of the molecule is COC1CN(c2snc(N)c2C#N)C1. The maximum Gasteiger partial charge on any atom is 0.157 e. The van der Waals surface area contributed by atoms with Crippen LogP contribution in [-0.2, 0) is 4.74 Å². The maximum absolute atomic E-state index is 8.86. The van der Waals surface area contributed by atoms with Crippen molar-refractivity contribution in [2.24, 2.45) is 0 Å². The minimum atomic E-state index is 0.268. The smallest absolute Gasteiger partial charge is 0.157 e. The van der Waals surface area contributed by atoms with Crippen molar-refractivity contribution in [3.05, 3.63) is 5.56 Å². The second-order valence-corrected chi connectivity index (χ2v) is 3.87. The van der Waals surface area contributed by atoms with Crippen LogP contribution in [-0.4, -0.2) is 30.7 Å². The number of nitrogens with zero attached hydrogens (tertiary/aromatic N) is 3. The molecule has 0 aromatic carbocycles. The lowest BCUT2D eigenvalue weighted by molar-refractivity contribution is 0.0791. The van der Waals surface area contributed by atoms with Gasteiger partial charge < -0.3 is 15.4 Å². The summed E-state index contributed by atoms with van der Waals surface area (Å²) in [7, 11) is 1.69. The Hall–Kier alpha value is -1.32. The fraction of sp³-hybridized carbons (Fsp3) is 0.500. The third-order valence-corrected chi connectivity index (χ3v) is 3.20. The van der Waals surface area contributed by atoms with Crippen LogP contribution in [0.1, 0.15) is 5.56 Å². The Morgan fingerprint density at radius 2 is 2.43 bits per heavy atom. The van der Waals surface area contributed by atoms with E-state index < -0.39 is 0 Å². The van der Waals surface area contributed by atoms with Gasteiger partial charge in [0.05, 0.1) is 6.10 Å². The van der Waals surface area contributed by atoms with Gasteiger partial charge >= 0.3 is 0 Å². The normalized spacial score (nSPS) is 16.4. The van der Waals surface area contributed by atoms with Crippen molar-refractivity contribution in [2.45, 2.75) is 6.10 Å². The van der Waals surface area contributed by atoms with Crippen LogP contribution < -0.4 is 10.6 Å². The van der Waals surface area contributed by atoms with Gasteiger partial charge in [-0.05, 0) is 11.5 Å². The van der Waals surface area contributed by atoms with Gasteiger partial charge in [0, 0.05) is 20.2 Å². The quantitative estimate of drug-likeness (QED) is 0.766. The molecule has 0 unspecified atom stereocenters. The molecule has 1 aromatic rings. The first-order chi connectivity index (χ1) is 6.76. The molecule has 0 amide bonds. The molecule has 1 fully saturated rings. The lowest BCUT2D eigenvalue weighted by Crippen LogP contribution is -2.51. The Bertz CT molecular complexity index is 377. The number of methoxy groups -OCH3 is 1. The van der Waals surface area contributed by atoms with Crippen molar-refractivity contribution in [2.75, 3.05) is 30.8 Å². The number of nitrogen functional groups attached to an aromatic ring is 1. The van der Waals surface area contributed by atoms with E-state index in [1.54, 1.807) is 7.11 Å². The van der Waals surface area contributed by atoms with E-state index in [1.165, 1.54) is 11.5 Å². The van der Waals surface area contributed by atoms with Crippen LogP contribution in [0, 0.1) is 11.3 Å². The lowest BCUT2D eigenvalue weighted by Gasteiger charge is -2.38. The average Bonchev–Trinajstić information content (AvgIpc) is 2.45. The molecule has 6 heteroatoms. The standard InChI is InChI=1S/C8H10N4OS/c1-13-5-3-12(4-5)8-6(2-9)7(10)11-14-8/h5H,3-4H2,1H3,(H2,10,11). The van der Waals surface area contributed by atoms with Crippen molar-refractivity contribution >= 4 is 22.4 Å². The van der Waals surface area contributed by atoms with E-state index in [9.17, 15) is 0 Å². The van der Waals surface area contributed by atoms with Crippen LogP contribution >= 0.6 is 11.5 Å². The van der Waals surface area contributed by atoms with Crippen molar-refractivity contribution in [3.8, 4) is 6.07 Å². The van der Waals surface area contributed by atoms with E-state index in [0.717, 1.165) is 18.1 Å². The minimum absolute atomic E-state index is 0.268. The van der Waals surface area contributed by atoms with Gasteiger partial charge in [-0.3, -0.25) is 0 Å². The van der Waals surface area contributed by atoms with Gasteiger partial charge in [0.25, 0.3) is 0 Å². The largest absolute Gasteiger partial charge is 0.382 e. The van der Waals surface area contributed by atoms with E-state index in [2.05, 4.69) is 15.3 Å². The van der Waals surface area contributed by atoms with Crippen molar-refractivity contribution in [3.63, 3.8) is 0 Å². The van der Waals surface area contributed by atoms with E-state index in [0.29, 0.717) is 11.4 Å². The average molecular weight is 210 g/mol. The number of nitriles is 1. The highest BCUT2D eigenvalue weighted by atomic mass is 32.1. The third-order valence-electron chi connectivity index (χ3n) is 2.28. The van der Waals surface area contributed by atoms with Gasteiger partial charge in [-0.15, -0.1) is 0 Å². The Labute approximate surface area is 85.9 Å². The molecule has 0 saturated carbocycles. The second kappa shape index (κ2) is 3.44. The molecule has 1 aliphatic heterocycles. The zero-order chi connectivity index (χ0) is 10.1. The first-order valence-electron chi connectivity index (χ1n) is 4.19. The molecule has 0 aliphatic carbocycles. The van der Waals surface area contributed by atoms with Gasteiger partial charge in [0.1, 0.15) is 16.6 Å². The van der Waals surface area contributed by atoms with Crippen molar-refractivity contribution in [1.82, 2.24) is 4.37 Å². The van der Waals surface area contributed by atoms with Gasteiger partial charge in [0.15, 0.2) is 5.82 Å². The third kappa shape index (κ3) is 1.31. The minimum Gasteiger partial charge on any atom is -0.382 e. The Morgan fingerprint density at radius 1 is 1.71 bits per heavy atom. The van der Waals surface area contributed by atoms with Gasteiger partial charge in [-0.1, -0.05) is 0 Å². The Morgan fingerprint density at radius 3 is 3.00 bits per heavy atom. The van der Waals surface area contributed by atoms with Crippen LogP contribution in [0.4, 0.5) is 10.8 Å². The zero-order valence-corrected chi connectivity index (χ0v) is 8.54. The number of aromatic nitrogens is 1. The van der Waals surface area contributed by atoms with Gasteiger partial charge in [-0.25, -0.2) is 0 Å². The molecule has 5 nitrogen and oxygen atoms in total. The number of anilines is 2. The lowest BCUT2D eigenvalue weighted by atomic mass is 10.1. The molecule has 2 heterocycles. The summed E-state index contributed by atoms with van der Waals surface area (Å²) in [5.41, 5.74) is 6.04. The number of hydrogen-bond donors (Lipinski definition) is 1. The summed E-state index contributed by atoms with van der Waals surface area (Å²) in [6.07, 6.45) is 0.268. The maximum atomic E-state index is 8.86. The summed E-state index contributed by atoms with van der Waals surface area (Å²) < 4.78 is 9.10. The summed E-state index contributed by atoms with van der Waals surface area (Å²) in [6, 6.07) is 2.07. The molecule has 1 aliphatic rings. The molecule has 1 saturated heterocycles. The highest BCUT2D eigenvalue weighted by Crippen LogP contribution is 2.33. The van der Waals surface area contributed by atoms with Crippen LogP contribution in [0.2, 0.25) is 0 Å². The molecule has 0 atom stereocenters. The van der Waals surface area contributed by atoms with Crippen LogP contribution in [0.3, 0.4) is 0 Å². The van der Waals surface area contributed by atoms with E-state index in [4.69, 9.17) is 15.7 Å². The zero-order valence-electron chi connectivity index (χ0n) is 7.73. The van der Waals surface area contributed by atoms with E-state index in [1.807, 2.05) is 0 Å². The topological polar surface area (TPSA) is 75.2 Å². The molecule has 0 radical (unpaired) electrons. The number of nitrogens with two attached hydrogens (primary N) is 1. The molecular weight excluding hydrogens is 200 g/mol. The van der Waals surface area contributed by atoms with Gasteiger partial charge in [-0.2, -0.15) is 9.64 Å². The van der Waals surface area contributed by atoms with Crippen LogP contribution in [0.15, 0.2) is 0 Å². The molecule has 0 bridgehead atoms. The first kappa shape index (κ1) is 9.24. The highest BCUT2D eigenvalue weighted by molar-refractivity contribution is 7.10.